The van der Waals surface area contributed by atoms with Crippen LogP contribution in [0.15, 0.2) is 41.3 Å². The minimum absolute atomic E-state index is 0.0765. The fraction of sp³-hybridized carbons (Fsp3) is 0.500. The largest absolute Gasteiger partial charge is 0.469 e. The third-order valence-corrected chi connectivity index (χ3v) is 5.73. The smallest absolute Gasteiger partial charge is 0.257 e. The van der Waals surface area contributed by atoms with Gasteiger partial charge in [0.1, 0.15) is 5.76 Å². The van der Waals surface area contributed by atoms with Crippen molar-refractivity contribution < 1.29 is 13.9 Å². The minimum atomic E-state index is 0.0765. The number of aryl methyl sites for hydroxylation is 1. The number of hydrogen-bond acceptors (Lipinski definition) is 5. The fourth-order valence-electron chi connectivity index (χ4n) is 4.23. The molecule has 2 aliphatic rings. The number of nitrogens with zero attached hydrogens (tertiary/aromatic N) is 3. The third kappa shape index (κ3) is 3.15. The molecular formula is C20H25N3O3. The summed E-state index contributed by atoms with van der Waals surface area (Å²) in [4.78, 5) is 20.9. The molecule has 0 unspecified atom stereocenters. The number of amides is 1. The van der Waals surface area contributed by atoms with Crippen LogP contribution in [0.25, 0.3) is 0 Å². The van der Waals surface area contributed by atoms with E-state index in [0.29, 0.717) is 23.8 Å². The molecule has 2 fully saturated rings. The van der Waals surface area contributed by atoms with Crippen molar-refractivity contribution in [1.29, 1.82) is 0 Å². The number of pyridine rings is 1. The molecule has 2 aliphatic heterocycles. The molecule has 4 rings (SSSR count). The van der Waals surface area contributed by atoms with E-state index in [0.717, 1.165) is 38.2 Å². The number of carbonyl (C=O) groups is 1. The van der Waals surface area contributed by atoms with Crippen molar-refractivity contribution in [2.45, 2.75) is 25.5 Å². The lowest BCUT2D eigenvalue weighted by atomic mass is 9.84. The Kier molecular flexibility index (Phi) is 4.54. The minimum Gasteiger partial charge on any atom is -0.469 e. The van der Waals surface area contributed by atoms with Crippen molar-refractivity contribution in [1.82, 2.24) is 14.8 Å². The molecule has 138 valence electrons. The Morgan fingerprint density at radius 3 is 2.81 bits per heavy atom. The average Bonchev–Trinajstić information content (AvgIpc) is 3.17. The van der Waals surface area contributed by atoms with E-state index in [4.69, 9.17) is 9.15 Å². The molecule has 0 aromatic carbocycles. The van der Waals surface area contributed by atoms with Crippen LogP contribution in [0.2, 0.25) is 0 Å². The second kappa shape index (κ2) is 6.85. The molecule has 1 spiro atoms. The fourth-order valence-corrected chi connectivity index (χ4v) is 4.23. The Hall–Kier alpha value is -2.18. The van der Waals surface area contributed by atoms with E-state index in [2.05, 4.69) is 16.9 Å². The summed E-state index contributed by atoms with van der Waals surface area (Å²) in [6.45, 7) is 5.80. The number of carbonyl (C=O) groups excluding carboxylic acids is 1. The Bertz CT molecular complexity index is 768. The van der Waals surface area contributed by atoms with Gasteiger partial charge in [-0.05, 0) is 50.1 Å². The van der Waals surface area contributed by atoms with Crippen LogP contribution in [0.5, 0.6) is 0 Å². The van der Waals surface area contributed by atoms with Gasteiger partial charge in [0.05, 0.1) is 30.6 Å². The summed E-state index contributed by atoms with van der Waals surface area (Å²) in [7, 11) is 2.16. The van der Waals surface area contributed by atoms with Crippen LogP contribution in [-0.4, -0.2) is 59.5 Å². The van der Waals surface area contributed by atoms with Gasteiger partial charge in [-0.3, -0.25) is 14.7 Å². The van der Waals surface area contributed by atoms with Gasteiger partial charge in [0, 0.05) is 32.0 Å². The van der Waals surface area contributed by atoms with Gasteiger partial charge >= 0.3 is 0 Å². The quantitative estimate of drug-likeness (QED) is 0.824. The summed E-state index contributed by atoms with van der Waals surface area (Å²) in [6, 6.07) is 5.72. The van der Waals surface area contributed by atoms with Gasteiger partial charge in [-0.15, -0.1) is 0 Å². The molecule has 0 bridgehead atoms. The highest BCUT2D eigenvalue weighted by molar-refractivity contribution is 5.95. The molecule has 2 aromatic heterocycles. The van der Waals surface area contributed by atoms with Crippen LogP contribution in [-0.2, 0) is 11.3 Å². The van der Waals surface area contributed by atoms with Crippen molar-refractivity contribution in [3.8, 4) is 0 Å². The number of hydrogen-bond donors (Lipinski definition) is 0. The third-order valence-electron chi connectivity index (χ3n) is 5.73. The lowest BCUT2D eigenvalue weighted by molar-refractivity contribution is -0.00815. The predicted molar refractivity (Wildman–Crippen MR) is 96.7 cm³/mol. The van der Waals surface area contributed by atoms with E-state index < -0.39 is 0 Å². The molecule has 1 amide bonds. The van der Waals surface area contributed by atoms with E-state index >= 15 is 0 Å². The predicted octanol–water partition coefficient (Wildman–Crippen LogP) is 2.35. The second-order valence-corrected chi connectivity index (χ2v) is 7.60. The van der Waals surface area contributed by atoms with Gasteiger partial charge in [-0.25, -0.2) is 0 Å². The highest BCUT2D eigenvalue weighted by Gasteiger charge is 2.53. The monoisotopic (exact) mass is 355 g/mol. The maximum absolute atomic E-state index is 12.6. The molecule has 2 saturated heterocycles. The molecule has 0 N–H and O–H groups in total. The van der Waals surface area contributed by atoms with E-state index in [9.17, 15) is 4.79 Å². The van der Waals surface area contributed by atoms with Gasteiger partial charge in [0.2, 0.25) is 0 Å². The molecule has 6 heteroatoms. The first kappa shape index (κ1) is 17.2. The lowest BCUT2D eigenvalue weighted by Gasteiger charge is -2.51. The molecule has 2 aromatic rings. The first-order chi connectivity index (χ1) is 12.6. The molecule has 6 nitrogen and oxygen atoms in total. The number of likely N-dealkylation sites (tertiary alicyclic amines) is 2. The maximum atomic E-state index is 12.6. The highest BCUT2D eigenvalue weighted by atomic mass is 16.5. The first-order valence-corrected chi connectivity index (χ1v) is 9.09. The topological polar surface area (TPSA) is 58.8 Å². The van der Waals surface area contributed by atoms with Crippen LogP contribution < -0.4 is 0 Å². The summed E-state index contributed by atoms with van der Waals surface area (Å²) in [6.07, 6.45) is 6.24. The Labute approximate surface area is 153 Å². The van der Waals surface area contributed by atoms with Crippen molar-refractivity contribution in [2.75, 3.05) is 33.3 Å². The zero-order valence-electron chi connectivity index (χ0n) is 15.4. The Morgan fingerprint density at radius 2 is 2.12 bits per heavy atom. The van der Waals surface area contributed by atoms with Crippen LogP contribution in [0, 0.1) is 12.8 Å². The van der Waals surface area contributed by atoms with Crippen LogP contribution in [0.3, 0.4) is 0 Å². The summed E-state index contributed by atoms with van der Waals surface area (Å²) in [5.74, 6) is 1.28. The van der Waals surface area contributed by atoms with Crippen molar-refractivity contribution in [3.63, 3.8) is 0 Å². The molecule has 0 aliphatic carbocycles. The number of furan rings is 1. The van der Waals surface area contributed by atoms with E-state index in [-0.39, 0.29) is 11.4 Å². The standard InChI is InChI=1S/C20H25N3O3/c1-15-18(5-8-26-15)19(24)23-13-20(14-23)9-17(10-22(20)2)12-25-11-16-3-6-21-7-4-16/h3-8,17H,9-14H2,1-2H3/t17-/m1/s1. The zero-order valence-corrected chi connectivity index (χ0v) is 15.4. The lowest BCUT2D eigenvalue weighted by Crippen LogP contribution is -2.68. The molecule has 0 radical (unpaired) electrons. The van der Waals surface area contributed by atoms with Crippen molar-refractivity contribution >= 4 is 5.91 Å². The Balaban J connectivity index is 1.28. The normalized spacial score (nSPS) is 21.9. The van der Waals surface area contributed by atoms with Gasteiger partial charge in [-0.2, -0.15) is 0 Å². The average molecular weight is 355 g/mol. The van der Waals surface area contributed by atoms with Crippen LogP contribution in [0.4, 0.5) is 0 Å². The van der Waals surface area contributed by atoms with Crippen molar-refractivity contribution in [3.05, 3.63) is 53.7 Å². The van der Waals surface area contributed by atoms with E-state index in [1.807, 2.05) is 24.0 Å². The summed E-state index contributed by atoms with van der Waals surface area (Å²) in [5.41, 5.74) is 1.94. The van der Waals surface area contributed by atoms with Crippen molar-refractivity contribution in [2.24, 2.45) is 5.92 Å². The van der Waals surface area contributed by atoms with Gasteiger partial charge in [0.15, 0.2) is 0 Å². The highest BCUT2D eigenvalue weighted by Crippen LogP contribution is 2.40. The number of likely N-dealkylation sites (N-methyl/N-ethyl adjacent to an activating group) is 1. The summed E-state index contributed by atoms with van der Waals surface area (Å²) < 4.78 is 11.2. The molecular weight excluding hydrogens is 330 g/mol. The number of rotatable bonds is 5. The molecule has 4 heterocycles. The van der Waals surface area contributed by atoms with Crippen LogP contribution >= 0.6 is 0 Å². The SMILES string of the molecule is Cc1occc1C(=O)N1CC2(C[C@@H](COCc3ccncc3)CN2C)C1. The molecule has 0 saturated carbocycles. The van der Waals surface area contributed by atoms with Gasteiger partial charge in [-0.1, -0.05) is 0 Å². The summed E-state index contributed by atoms with van der Waals surface area (Å²) >= 11 is 0. The van der Waals surface area contributed by atoms with Gasteiger partial charge in [0.25, 0.3) is 5.91 Å². The number of ether oxygens (including phenoxy) is 1. The van der Waals surface area contributed by atoms with Gasteiger partial charge < -0.3 is 14.1 Å². The van der Waals surface area contributed by atoms with E-state index in [1.165, 1.54) is 0 Å². The summed E-state index contributed by atoms with van der Waals surface area (Å²) in [5, 5.41) is 0. The van der Waals surface area contributed by atoms with Crippen LogP contribution in [0.1, 0.15) is 28.1 Å². The number of aromatic nitrogens is 1. The Morgan fingerprint density at radius 1 is 1.35 bits per heavy atom. The molecule has 1 atom stereocenters. The van der Waals surface area contributed by atoms with E-state index in [1.54, 1.807) is 24.7 Å². The zero-order chi connectivity index (χ0) is 18.1. The first-order valence-electron chi connectivity index (χ1n) is 9.09. The maximum Gasteiger partial charge on any atom is 0.257 e. The molecule has 26 heavy (non-hydrogen) atoms. The second-order valence-electron chi connectivity index (χ2n) is 7.60.